The van der Waals surface area contributed by atoms with Crippen LogP contribution < -0.4 is 103 Å². The smallest absolute Gasteiger partial charge is 0.748 e. The number of H-pyrrole nitrogens is 1. The van der Waals surface area contributed by atoms with Gasteiger partial charge in [0.05, 0.1) is 26.0 Å². The number of fused-ring (bicyclic) bond motifs is 1. The standard InChI is InChI=1S/C29H48N2O6S3.2K/c1-3-5-6-7-8-9-10-11-12-13-14-15-16-17-23(38)22-25-27(40(35,36)37)20-19-26-29(25)31-28(30-26)21-18-24(4-2)39(32,33)34;;/h19-20,24H,3-18,21-22H2,1-2H3,(H,30,31)(H,32,33,34)(H,35,36,37);;/q;2*+1/p-2. The van der Waals surface area contributed by atoms with Crippen LogP contribution in [0.3, 0.4) is 0 Å². The van der Waals surface area contributed by atoms with Gasteiger partial charge >= 0.3 is 103 Å². The largest absolute Gasteiger partial charge is 1.00 e. The molecule has 0 aliphatic carbocycles. The normalized spacial score (nSPS) is 12.6. The number of nitrogens with one attached hydrogen (secondary N) is 1. The zero-order valence-electron chi connectivity index (χ0n) is 26.1. The van der Waals surface area contributed by atoms with Gasteiger partial charge < -0.3 is 14.1 Å². The number of aromatic nitrogens is 2. The van der Waals surface area contributed by atoms with E-state index in [1.807, 2.05) is 0 Å². The number of thiocarbonyl (C=S) groups is 1. The van der Waals surface area contributed by atoms with E-state index in [4.69, 9.17) is 12.2 Å². The molecule has 2 rings (SSSR count). The molecule has 8 nitrogen and oxygen atoms in total. The van der Waals surface area contributed by atoms with Crippen LogP contribution in [-0.4, -0.2) is 46.0 Å². The second-order valence-electron chi connectivity index (χ2n) is 10.8. The van der Waals surface area contributed by atoms with Crippen LogP contribution in [0, 0.1) is 0 Å². The summed E-state index contributed by atoms with van der Waals surface area (Å²) < 4.78 is 70.2. The topological polar surface area (TPSA) is 143 Å². The molecular formula is C29H46K2N2O6S3. The Hall–Kier alpha value is 1.87. The number of unbranched alkanes of at least 4 members (excludes halogenated alkanes) is 12. The first-order valence-corrected chi connectivity index (χ1v) is 18.2. The SMILES string of the molecule is CCCCCCCCCCCCCCCC(=S)Cc1c(S(=O)(=O)[O-])ccc2[nH]c(CCC(CC)S(=O)(=O)[O-])nc12.[K+].[K+]. The average molecular weight is 693 g/mol. The number of nitrogens with zero attached hydrogens (tertiary/aromatic N) is 1. The molecule has 0 radical (unpaired) electrons. The van der Waals surface area contributed by atoms with E-state index >= 15 is 0 Å². The van der Waals surface area contributed by atoms with Crippen molar-refractivity contribution in [2.75, 3.05) is 0 Å². The van der Waals surface area contributed by atoms with Gasteiger partial charge in [-0.25, -0.2) is 21.8 Å². The molecule has 42 heavy (non-hydrogen) atoms. The minimum absolute atomic E-state index is 0. The third-order valence-electron chi connectivity index (χ3n) is 7.53. The fraction of sp³-hybridized carbons (Fsp3) is 0.724. The Morgan fingerprint density at radius 3 is 1.86 bits per heavy atom. The predicted octanol–water partition coefficient (Wildman–Crippen LogP) is 1.13. The van der Waals surface area contributed by atoms with Gasteiger partial charge in [-0.3, -0.25) is 0 Å². The first kappa shape index (κ1) is 43.9. The molecule has 1 N–H and O–H groups in total. The van der Waals surface area contributed by atoms with Crippen LogP contribution in [0.25, 0.3) is 11.0 Å². The van der Waals surface area contributed by atoms with Gasteiger partial charge in [0.1, 0.15) is 15.9 Å². The van der Waals surface area contributed by atoms with Gasteiger partial charge in [-0.2, -0.15) is 0 Å². The van der Waals surface area contributed by atoms with Gasteiger partial charge in [-0.05, 0) is 42.7 Å². The molecular weight excluding hydrogens is 647 g/mol. The summed E-state index contributed by atoms with van der Waals surface area (Å²) in [5.41, 5.74) is 1.16. The van der Waals surface area contributed by atoms with Gasteiger partial charge in [0.25, 0.3) is 0 Å². The molecule has 1 aromatic carbocycles. The summed E-state index contributed by atoms with van der Waals surface area (Å²) in [5, 5.41) is -1.02. The summed E-state index contributed by atoms with van der Waals surface area (Å²) in [4.78, 5) is 7.89. The van der Waals surface area contributed by atoms with Crippen molar-refractivity contribution in [1.82, 2.24) is 9.97 Å². The zero-order chi connectivity index (χ0) is 29.6. The summed E-state index contributed by atoms with van der Waals surface area (Å²) in [6, 6.07) is 2.75. The molecule has 0 spiro atoms. The summed E-state index contributed by atoms with van der Waals surface area (Å²) in [5.74, 6) is 0.432. The first-order chi connectivity index (χ1) is 19.0. The molecule has 0 fully saturated rings. The number of aryl methyl sites for hydroxylation is 1. The van der Waals surface area contributed by atoms with Crippen LogP contribution in [0.1, 0.15) is 128 Å². The number of hydrogen-bond acceptors (Lipinski definition) is 8. The third-order valence-corrected chi connectivity index (χ3v) is 10.2. The summed E-state index contributed by atoms with van der Waals surface area (Å²) in [6.45, 7) is 3.88. The van der Waals surface area contributed by atoms with E-state index in [9.17, 15) is 25.9 Å². The molecule has 0 amide bonds. The Morgan fingerprint density at radius 2 is 1.38 bits per heavy atom. The van der Waals surface area contributed by atoms with E-state index < -0.39 is 25.5 Å². The fourth-order valence-corrected chi connectivity index (χ4v) is 6.97. The molecule has 1 aromatic heterocycles. The molecule has 0 saturated heterocycles. The molecule has 1 unspecified atom stereocenters. The van der Waals surface area contributed by atoms with Crippen molar-refractivity contribution in [1.29, 1.82) is 0 Å². The minimum atomic E-state index is -4.74. The Morgan fingerprint density at radius 1 is 0.857 bits per heavy atom. The second kappa shape index (κ2) is 23.2. The second-order valence-corrected chi connectivity index (χ2v) is 14.4. The fourth-order valence-electron chi connectivity index (χ4n) is 5.16. The van der Waals surface area contributed by atoms with E-state index in [-0.39, 0.29) is 139 Å². The van der Waals surface area contributed by atoms with Gasteiger partial charge in [0, 0.05) is 23.7 Å². The predicted molar refractivity (Wildman–Crippen MR) is 163 cm³/mol. The third kappa shape index (κ3) is 16.6. The maximum absolute atomic E-state index is 12.0. The Labute approximate surface area is 344 Å². The minimum Gasteiger partial charge on any atom is -0.748 e. The monoisotopic (exact) mass is 692 g/mol. The maximum Gasteiger partial charge on any atom is 1.00 e. The van der Waals surface area contributed by atoms with E-state index in [1.165, 1.54) is 76.3 Å². The molecule has 0 aliphatic rings. The number of rotatable bonds is 22. The van der Waals surface area contributed by atoms with Gasteiger partial charge in [0.2, 0.25) is 0 Å². The molecule has 228 valence electrons. The van der Waals surface area contributed by atoms with Crippen LogP contribution in [0.15, 0.2) is 17.0 Å². The Bertz CT molecular complexity index is 1280. The maximum atomic E-state index is 12.0. The molecule has 2 aromatic rings. The summed E-state index contributed by atoms with van der Waals surface area (Å²) in [6.07, 6.45) is 17.6. The first-order valence-electron chi connectivity index (χ1n) is 14.9. The molecule has 1 heterocycles. The van der Waals surface area contributed by atoms with Crippen LogP contribution in [0.4, 0.5) is 0 Å². The van der Waals surface area contributed by atoms with Crippen molar-refractivity contribution < 1.29 is 129 Å². The van der Waals surface area contributed by atoms with E-state index in [1.54, 1.807) is 6.92 Å². The number of hydrogen-bond donors (Lipinski definition) is 1. The van der Waals surface area contributed by atoms with Gasteiger partial charge in [-0.1, -0.05) is 103 Å². The molecule has 0 aliphatic heterocycles. The van der Waals surface area contributed by atoms with Crippen molar-refractivity contribution in [3.05, 3.63) is 23.5 Å². The number of aromatic amines is 1. The Balaban J connectivity index is 0.00000840. The van der Waals surface area contributed by atoms with Crippen molar-refractivity contribution in [2.45, 2.75) is 140 Å². The van der Waals surface area contributed by atoms with E-state index in [2.05, 4.69) is 16.9 Å². The quantitative estimate of drug-likeness (QED) is 0.0838. The van der Waals surface area contributed by atoms with E-state index in [0.717, 1.165) is 19.3 Å². The van der Waals surface area contributed by atoms with Crippen molar-refractivity contribution >= 4 is 48.4 Å². The average Bonchev–Trinajstić information content (AvgIpc) is 3.29. The van der Waals surface area contributed by atoms with Crippen LogP contribution in [0.5, 0.6) is 0 Å². The van der Waals surface area contributed by atoms with Crippen molar-refractivity contribution in [2.24, 2.45) is 0 Å². The van der Waals surface area contributed by atoms with Crippen molar-refractivity contribution in [3.63, 3.8) is 0 Å². The zero-order valence-corrected chi connectivity index (χ0v) is 34.8. The molecule has 13 heteroatoms. The van der Waals surface area contributed by atoms with Crippen LogP contribution in [0.2, 0.25) is 0 Å². The molecule has 1 atom stereocenters. The van der Waals surface area contributed by atoms with Crippen molar-refractivity contribution in [3.8, 4) is 0 Å². The summed E-state index contributed by atoms with van der Waals surface area (Å²) in [7, 11) is -9.16. The molecule has 0 bridgehead atoms. The Kier molecular flexibility index (Phi) is 24.3. The van der Waals surface area contributed by atoms with Gasteiger partial charge in [-0.15, -0.1) is 0 Å². The number of imidazole rings is 1. The van der Waals surface area contributed by atoms with E-state index in [0.29, 0.717) is 28.1 Å². The van der Waals surface area contributed by atoms with Crippen LogP contribution in [-0.2, 0) is 33.1 Å². The van der Waals surface area contributed by atoms with Crippen LogP contribution >= 0.6 is 12.2 Å². The van der Waals surface area contributed by atoms with Gasteiger partial charge in [0.15, 0.2) is 0 Å². The summed E-state index contributed by atoms with van der Waals surface area (Å²) >= 11 is 5.58. The number of benzene rings is 1. The molecule has 0 saturated carbocycles.